The maximum absolute atomic E-state index is 12.6. The van der Waals surface area contributed by atoms with Crippen LogP contribution in [0.25, 0.3) is 0 Å². The van der Waals surface area contributed by atoms with E-state index in [2.05, 4.69) is 47.4 Å². The van der Waals surface area contributed by atoms with Gasteiger partial charge < -0.3 is 9.84 Å². The Morgan fingerprint density at radius 2 is 1.89 bits per heavy atom. The van der Waals surface area contributed by atoms with E-state index in [1.54, 1.807) is 0 Å². The summed E-state index contributed by atoms with van der Waals surface area (Å²) in [5.74, 6) is 2.02. The predicted octanol–water partition coefficient (Wildman–Crippen LogP) is 3.95. The number of carbonyl (C=O) groups excluding carboxylic acids is 1. The maximum atomic E-state index is 12.6. The van der Waals surface area contributed by atoms with Crippen LogP contribution in [0.5, 0.6) is 0 Å². The van der Waals surface area contributed by atoms with Crippen LogP contribution in [0.4, 0.5) is 0 Å². The third kappa shape index (κ3) is 4.78. The number of rotatable bonds is 6. The molecular weight excluding hydrogens is 338 g/mol. The number of hydrogen-bond acceptors (Lipinski definition) is 4. The number of hydrogen-bond donors (Lipinski definition) is 1. The quantitative estimate of drug-likeness (QED) is 0.837. The molecule has 0 spiro atoms. The molecular formula is C22H31N3O2. The zero-order valence-corrected chi connectivity index (χ0v) is 16.9. The van der Waals surface area contributed by atoms with Gasteiger partial charge in [-0.15, -0.1) is 0 Å². The van der Waals surface area contributed by atoms with Crippen LogP contribution in [0.1, 0.15) is 60.1 Å². The second-order valence-electron chi connectivity index (χ2n) is 8.01. The number of nitrogens with zero attached hydrogens (tertiary/aromatic N) is 2. The fourth-order valence-corrected chi connectivity index (χ4v) is 4.26. The molecule has 27 heavy (non-hydrogen) atoms. The van der Waals surface area contributed by atoms with Gasteiger partial charge in [0.2, 0.25) is 0 Å². The average Bonchev–Trinajstić information content (AvgIpc) is 3.00. The molecule has 2 atom stereocenters. The maximum Gasteiger partial charge on any atom is 0.257 e. The van der Waals surface area contributed by atoms with Crippen LogP contribution < -0.4 is 5.32 Å². The Bertz CT molecular complexity index is 774. The summed E-state index contributed by atoms with van der Waals surface area (Å²) >= 11 is 0. The molecule has 1 fully saturated rings. The zero-order valence-electron chi connectivity index (χ0n) is 16.9. The molecule has 1 saturated heterocycles. The van der Waals surface area contributed by atoms with Gasteiger partial charge in [0.25, 0.3) is 5.91 Å². The molecule has 1 aromatic carbocycles. The Labute approximate surface area is 162 Å². The number of benzene rings is 1. The van der Waals surface area contributed by atoms with E-state index in [9.17, 15) is 4.79 Å². The molecule has 5 heteroatoms. The predicted molar refractivity (Wildman–Crippen MR) is 106 cm³/mol. The van der Waals surface area contributed by atoms with Gasteiger partial charge in [0.15, 0.2) is 0 Å². The van der Waals surface area contributed by atoms with Crippen molar-refractivity contribution in [2.24, 2.45) is 11.8 Å². The molecule has 1 aliphatic rings. The third-order valence-corrected chi connectivity index (χ3v) is 5.38. The van der Waals surface area contributed by atoms with Crippen molar-refractivity contribution in [1.82, 2.24) is 15.4 Å². The number of carbonyl (C=O) groups is 1. The summed E-state index contributed by atoms with van der Waals surface area (Å²) in [6.45, 7) is 12.2. The molecule has 1 amide bonds. The molecule has 1 aliphatic heterocycles. The van der Waals surface area contributed by atoms with Gasteiger partial charge >= 0.3 is 0 Å². The Balaban J connectivity index is 1.67. The van der Waals surface area contributed by atoms with Gasteiger partial charge in [-0.05, 0) is 36.3 Å². The number of amides is 1. The van der Waals surface area contributed by atoms with Crippen molar-refractivity contribution in [2.45, 2.75) is 53.6 Å². The Morgan fingerprint density at radius 3 is 2.56 bits per heavy atom. The zero-order chi connectivity index (χ0) is 19.4. The monoisotopic (exact) mass is 369 g/mol. The molecule has 5 nitrogen and oxygen atoms in total. The largest absolute Gasteiger partial charge is 0.360 e. The van der Waals surface area contributed by atoms with Gasteiger partial charge in [-0.3, -0.25) is 9.69 Å². The number of piperidine rings is 1. The topological polar surface area (TPSA) is 58.4 Å². The molecule has 2 unspecified atom stereocenters. The lowest BCUT2D eigenvalue weighted by molar-refractivity contribution is 0.0948. The molecule has 1 aromatic heterocycles. The molecule has 0 saturated carbocycles. The average molecular weight is 370 g/mol. The molecule has 2 heterocycles. The highest BCUT2D eigenvalue weighted by atomic mass is 16.5. The van der Waals surface area contributed by atoms with Crippen molar-refractivity contribution < 1.29 is 9.32 Å². The normalized spacial score (nSPS) is 20.6. The Morgan fingerprint density at radius 1 is 1.22 bits per heavy atom. The summed E-state index contributed by atoms with van der Waals surface area (Å²) in [5.41, 5.74) is 3.68. The molecule has 3 rings (SSSR count). The van der Waals surface area contributed by atoms with Gasteiger partial charge in [-0.25, -0.2) is 0 Å². The Hall–Kier alpha value is -2.14. The molecule has 2 aromatic rings. The van der Waals surface area contributed by atoms with Gasteiger partial charge in [-0.2, -0.15) is 0 Å². The lowest BCUT2D eigenvalue weighted by Crippen LogP contribution is -2.38. The Kier molecular flexibility index (Phi) is 6.32. The number of likely N-dealkylation sites (tertiary alicyclic amines) is 1. The van der Waals surface area contributed by atoms with Gasteiger partial charge in [0, 0.05) is 32.6 Å². The first-order chi connectivity index (χ1) is 13.0. The van der Waals surface area contributed by atoms with Crippen LogP contribution in [0.15, 0.2) is 28.8 Å². The first-order valence-electron chi connectivity index (χ1n) is 10.00. The lowest BCUT2D eigenvalue weighted by Gasteiger charge is -2.35. The fourth-order valence-electron chi connectivity index (χ4n) is 4.26. The van der Waals surface area contributed by atoms with Crippen LogP contribution in [0.2, 0.25) is 0 Å². The van der Waals surface area contributed by atoms with E-state index in [-0.39, 0.29) is 5.91 Å². The van der Waals surface area contributed by atoms with Crippen molar-refractivity contribution in [2.75, 3.05) is 13.1 Å². The smallest absolute Gasteiger partial charge is 0.257 e. The highest BCUT2D eigenvalue weighted by molar-refractivity contribution is 5.96. The minimum Gasteiger partial charge on any atom is -0.360 e. The lowest BCUT2D eigenvalue weighted by atomic mass is 9.91. The van der Waals surface area contributed by atoms with Gasteiger partial charge in [0.1, 0.15) is 11.3 Å². The van der Waals surface area contributed by atoms with Crippen molar-refractivity contribution in [3.05, 3.63) is 52.4 Å². The van der Waals surface area contributed by atoms with E-state index in [1.807, 2.05) is 19.9 Å². The summed E-state index contributed by atoms with van der Waals surface area (Å²) < 4.78 is 5.24. The van der Waals surface area contributed by atoms with Crippen LogP contribution in [0, 0.1) is 18.8 Å². The first-order valence-corrected chi connectivity index (χ1v) is 10.00. The van der Waals surface area contributed by atoms with E-state index in [0.29, 0.717) is 30.0 Å². The molecule has 0 aliphatic carbocycles. The van der Waals surface area contributed by atoms with Crippen LogP contribution >= 0.6 is 0 Å². The first kappa shape index (κ1) is 19.6. The van der Waals surface area contributed by atoms with Crippen molar-refractivity contribution in [3.8, 4) is 0 Å². The second kappa shape index (κ2) is 8.70. The fraction of sp³-hybridized carbons (Fsp3) is 0.545. The minimum absolute atomic E-state index is 0.111. The number of nitrogens with one attached hydrogen (secondary N) is 1. The van der Waals surface area contributed by atoms with Crippen molar-refractivity contribution in [1.29, 1.82) is 0 Å². The van der Waals surface area contributed by atoms with Crippen molar-refractivity contribution >= 4 is 5.91 Å². The van der Waals surface area contributed by atoms with Gasteiger partial charge in [0.05, 0.1) is 5.69 Å². The van der Waals surface area contributed by atoms with Crippen LogP contribution in [-0.4, -0.2) is 29.1 Å². The summed E-state index contributed by atoms with van der Waals surface area (Å²) in [4.78, 5) is 15.2. The van der Waals surface area contributed by atoms with Gasteiger partial charge in [-0.1, -0.05) is 50.2 Å². The molecule has 0 bridgehead atoms. The van der Waals surface area contributed by atoms with E-state index in [0.717, 1.165) is 31.5 Å². The SMILES string of the molecule is CCc1onc(C)c1C(=O)NCc1ccccc1CN1CC(C)CC(C)C1. The summed E-state index contributed by atoms with van der Waals surface area (Å²) in [6, 6.07) is 8.40. The number of aromatic nitrogens is 1. The standard InChI is InChI=1S/C22H31N3O2/c1-5-20-21(17(4)24-27-20)22(26)23-11-18-8-6-7-9-19(18)14-25-12-15(2)10-16(3)13-25/h6-9,15-16H,5,10-14H2,1-4H3,(H,23,26). The van der Waals surface area contributed by atoms with E-state index in [4.69, 9.17) is 4.52 Å². The second-order valence-corrected chi connectivity index (χ2v) is 8.01. The molecule has 0 radical (unpaired) electrons. The van der Waals surface area contributed by atoms with Crippen LogP contribution in [0.3, 0.4) is 0 Å². The summed E-state index contributed by atoms with van der Waals surface area (Å²) in [7, 11) is 0. The summed E-state index contributed by atoms with van der Waals surface area (Å²) in [5, 5.41) is 6.98. The molecule has 1 N–H and O–H groups in total. The highest BCUT2D eigenvalue weighted by Gasteiger charge is 2.23. The number of aryl methyl sites for hydroxylation is 2. The third-order valence-electron chi connectivity index (χ3n) is 5.38. The highest BCUT2D eigenvalue weighted by Crippen LogP contribution is 2.23. The van der Waals surface area contributed by atoms with E-state index < -0.39 is 0 Å². The summed E-state index contributed by atoms with van der Waals surface area (Å²) in [6.07, 6.45) is 1.97. The molecule has 146 valence electrons. The van der Waals surface area contributed by atoms with Crippen LogP contribution in [-0.2, 0) is 19.5 Å². The minimum atomic E-state index is -0.111. The van der Waals surface area contributed by atoms with E-state index in [1.165, 1.54) is 17.5 Å². The van der Waals surface area contributed by atoms with Crippen molar-refractivity contribution in [3.63, 3.8) is 0 Å². The van der Waals surface area contributed by atoms with E-state index >= 15 is 0 Å².